The fourth-order valence-electron chi connectivity index (χ4n) is 1.55. The highest BCUT2D eigenvalue weighted by atomic mass is 16.4. The molecule has 2 aromatic carbocycles. The molecule has 0 unspecified atom stereocenters. The van der Waals surface area contributed by atoms with Crippen molar-refractivity contribution in [2.45, 2.75) is 0 Å². The van der Waals surface area contributed by atoms with Crippen molar-refractivity contribution in [1.29, 1.82) is 0 Å². The van der Waals surface area contributed by atoms with Gasteiger partial charge in [0.05, 0.1) is 5.56 Å². The van der Waals surface area contributed by atoms with Crippen molar-refractivity contribution in [3.63, 3.8) is 0 Å². The van der Waals surface area contributed by atoms with E-state index in [2.05, 4.69) is 0 Å². The summed E-state index contributed by atoms with van der Waals surface area (Å²) in [6.07, 6.45) is 0. The molecular formula is C11H8O4. The van der Waals surface area contributed by atoms with Crippen LogP contribution in [-0.4, -0.2) is 21.3 Å². The van der Waals surface area contributed by atoms with Crippen molar-refractivity contribution in [2.75, 3.05) is 0 Å². The Hall–Kier alpha value is -2.23. The third-order valence-corrected chi connectivity index (χ3v) is 2.23. The van der Waals surface area contributed by atoms with Crippen LogP contribution in [0.15, 0.2) is 30.3 Å². The van der Waals surface area contributed by atoms with Gasteiger partial charge in [-0.25, -0.2) is 4.79 Å². The van der Waals surface area contributed by atoms with Crippen LogP contribution in [0.2, 0.25) is 0 Å². The van der Waals surface area contributed by atoms with Crippen LogP contribution in [0.5, 0.6) is 11.5 Å². The van der Waals surface area contributed by atoms with Gasteiger partial charge in [-0.2, -0.15) is 0 Å². The monoisotopic (exact) mass is 204 g/mol. The van der Waals surface area contributed by atoms with Gasteiger partial charge >= 0.3 is 5.97 Å². The van der Waals surface area contributed by atoms with Gasteiger partial charge in [0.2, 0.25) is 0 Å². The van der Waals surface area contributed by atoms with Gasteiger partial charge in [0.25, 0.3) is 0 Å². The van der Waals surface area contributed by atoms with Crippen LogP contribution in [0.3, 0.4) is 0 Å². The summed E-state index contributed by atoms with van der Waals surface area (Å²) < 4.78 is 0. The number of phenols is 2. The molecular weight excluding hydrogens is 196 g/mol. The van der Waals surface area contributed by atoms with E-state index >= 15 is 0 Å². The SMILES string of the molecule is O=C(O)c1cccc2c(O)ccc(O)c12. The van der Waals surface area contributed by atoms with E-state index in [-0.39, 0.29) is 22.4 Å². The Morgan fingerprint density at radius 2 is 1.67 bits per heavy atom. The average Bonchev–Trinajstić information content (AvgIpc) is 2.23. The molecule has 0 heterocycles. The van der Waals surface area contributed by atoms with Crippen molar-refractivity contribution in [3.05, 3.63) is 35.9 Å². The van der Waals surface area contributed by atoms with Gasteiger partial charge in [-0.05, 0) is 18.2 Å². The predicted octanol–water partition coefficient (Wildman–Crippen LogP) is 1.95. The van der Waals surface area contributed by atoms with E-state index in [1.165, 1.54) is 24.3 Å². The van der Waals surface area contributed by atoms with E-state index in [0.29, 0.717) is 5.39 Å². The molecule has 15 heavy (non-hydrogen) atoms. The minimum Gasteiger partial charge on any atom is -0.507 e. The summed E-state index contributed by atoms with van der Waals surface area (Å²) in [4.78, 5) is 10.9. The Bertz CT molecular complexity index is 546. The Kier molecular flexibility index (Phi) is 1.97. The quantitative estimate of drug-likeness (QED) is 0.620. The molecule has 0 saturated heterocycles. The number of phenolic OH excluding ortho intramolecular Hbond substituents is 2. The van der Waals surface area contributed by atoms with Crippen molar-refractivity contribution in [1.82, 2.24) is 0 Å². The molecule has 0 aliphatic heterocycles. The average molecular weight is 204 g/mol. The normalized spacial score (nSPS) is 10.4. The summed E-state index contributed by atoms with van der Waals surface area (Å²) in [6, 6.07) is 7.04. The first-order valence-corrected chi connectivity index (χ1v) is 4.28. The molecule has 0 aliphatic carbocycles. The van der Waals surface area contributed by atoms with Crippen LogP contribution in [0, 0.1) is 0 Å². The molecule has 0 spiro atoms. The molecule has 76 valence electrons. The smallest absolute Gasteiger partial charge is 0.336 e. The number of aromatic carboxylic acids is 1. The van der Waals surface area contributed by atoms with E-state index in [1.807, 2.05) is 0 Å². The maximum atomic E-state index is 10.9. The first-order valence-electron chi connectivity index (χ1n) is 4.28. The first kappa shape index (κ1) is 9.33. The van der Waals surface area contributed by atoms with Gasteiger partial charge in [0, 0.05) is 10.8 Å². The van der Waals surface area contributed by atoms with Crippen LogP contribution >= 0.6 is 0 Å². The van der Waals surface area contributed by atoms with Crippen LogP contribution in [0.1, 0.15) is 10.4 Å². The number of carboxylic acid groups (broad SMARTS) is 1. The van der Waals surface area contributed by atoms with Gasteiger partial charge < -0.3 is 15.3 Å². The molecule has 3 N–H and O–H groups in total. The van der Waals surface area contributed by atoms with Crippen molar-refractivity contribution in [3.8, 4) is 11.5 Å². The Balaban J connectivity index is 2.96. The second-order valence-electron chi connectivity index (χ2n) is 3.14. The highest BCUT2D eigenvalue weighted by Crippen LogP contribution is 2.33. The van der Waals surface area contributed by atoms with Crippen molar-refractivity contribution < 1.29 is 20.1 Å². The van der Waals surface area contributed by atoms with Crippen LogP contribution in [0.25, 0.3) is 10.8 Å². The van der Waals surface area contributed by atoms with E-state index in [9.17, 15) is 15.0 Å². The minimum absolute atomic E-state index is 0.0269. The maximum Gasteiger partial charge on any atom is 0.336 e. The molecule has 0 amide bonds. The molecule has 0 saturated carbocycles. The van der Waals surface area contributed by atoms with E-state index in [4.69, 9.17) is 5.11 Å². The van der Waals surface area contributed by atoms with E-state index < -0.39 is 5.97 Å². The largest absolute Gasteiger partial charge is 0.507 e. The summed E-state index contributed by atoms with van der Waals surface area (Å²) in [7, 11) is 0. The fraction of sp³-hybridized carbons (Fsp3) is 0. The summed E-state index contributed by atoms with van der Waals surface area (Å²) in [6.45, 7) is 0. The zero-order valence-corrected chi connectivity index (χ0v) is 7.64. The summed E-state index contributed by atoms with van der Waals surface area (Å²) in [5.74, 6) is -1.34. The number of carbonyl (C=O) groups is 1. The van der Waals surface area contributed by atoms with Gasteiger partial charge in [-0.15, -0.1) is 0 Å². The summed E-state index contributed by atoms with van der Waals surface area (Å²) in [5, 5.41) is 28.4. The lowest BCUT2D eigenvalue weighted by Gasteiger charge is -2.06. The molecule has 4 heteroatoms. The number of carboxylic acids is 1. The van der Waals surface area contributed by atoms with Crippen LogP contribution in [-0.2, 0) is 0 Å². The first-order chi connectivity index (χ1) is 7.11. The lowest BCUT2D eigenvalue weighted by Crippen LogP contribution is -1.97. The third kappa shape index (κ3) is 1.36. The Morgan fingerprint density at radius 1 is 1.00 bits per heavy atom. The number of aromatic hydroxyl groups is 2. The predicted molar refractivity (Wildman–Crippen MR) is 54.2 cm³/mol. The minimum atomic E-state index is -1.14. The van der Waals surface area contributed by atoms with E-state index in [0.717, 1.165) is 0 Å². The molecule has 2 aromatic rings. The molecule has 0 radical (unpaired) electrons. The second kappa shape index (κ2) is 3.16. The molecule has 0 bridgehead atoms. The molecule has 0 aliphatic rings. The zero-order valence-electron chi connectivity index (χ0n) is 7.64. The van der Waals surface area contributed by atoms with Gasteiger partial charge in [-0.1, -0.05) is 12.1 Å². The number of hydrogen-bond acceptors (Lipinski definition) is 3. The molecule has 0 fully saturated rings. The standard InChI is InChI=1S/C11H8O4/c12-8-4-5-9(13)10-6(8)2-1-3-7(10)11(14)15/h1-5,12-13H,(H,14,15). The molecule has 4 nitrogen and oxygen atoms in total. The maximum absolute atomic E-state index is 10.9. The Labute approximate surface area is 85.0 Å². The van der Waals surface area contributed by atoms with Crippen LogP contribution in [0.4, 0.5) is 0 Å². The van der Waals surface area contributed by atoms with Crippen LogP contribution < -0.4 is 0 Å². The second-order valence-corrected chi connectivity index (χ2v) is 3.14. The lowest BCUT2D eigenvalue weighted by molar-refractivity contribution is 0.0699. The van der Waals surface area contributed by atoms with Gasteiger partial charge in [0.15, 0.2) is 0 Å². The number of rotatable bonds is 1. The van der Waals surface area contributed by atoms with E-state index in [1.54, 1.807) is 6.07 Å². The van der Waals surface area contributed by atoms with Crippen molar-refractivity contribution in [2.24, 2.45) is 0 Å². The Morgan fingerprint density at radius 3 is 2.33 bits per heavy atom. The number of fused-ring (bicyclic) bond motifs is 1. The molecule has 0 aromatic heterocycles. The molecule has 0 atom stereocenters. The highest BCUT2D eigenvalue weighted by Gasteiger charge is 2.13. The molecule has 2 rings (SSSR count). The van der Waals surface area contributed by atoms with Gasteiger partial charge in [-0.3, -0.25) is 0 Å². The number of benzene rings is 2. The third-order valence-electron chi connectivity index (χ3n) is 2.23. The summed E-state index contributed by atoms with van der Waals surface area (Å²) >= 11 is 0. The zero-order chi connectivity index (χ0) is 11.0. The highest BCUT2D eigenvalue weighted by molar-refractivity contribution is 6.07. The van der Waals surface area contributed by atoms with Gasteiger partial charge in [0.1, 0.15) is 11.5 Å². The lowest BCUT2D eigenvalue weighted by atomic mass is 10.0. The van der Waals surface area contributed by atoms with Crippen molar-refractivity contribution >= 4 is 16.7 Å². The summed E-state index contributed by atoms with van der Waals surface area (Å²) in [5.41, 5.74) is -0.0269. The topological polar surface area (TPSA) is 77.8 Å². The fourth-order valence-corrected chi connectivity index (χ4v) is 1.55. The number of hydrogen-bond donors (Lipinski definition) is 3.